The van der Waals surface area contributed by atoms with Gasteiger partial charge in [-0.2, -0.15) is 4.39 Å². The fourth-order valence-electron chi connectivity index (χ4n) is 1.40. The lowest BCUT2D eigenvalue weighted by Crippen LogP contribution is -2.14. The molecule has 2 aromatic heterocycles. The zero-order valence-electron chi connectivity index (χ0n) is 10.9. The zero-order chi connectivity index (χ0) is 14.0. The minimum atomic E-state index is -0.708. The number of nitrogens with zero attached hydrogens (tertiary/aromatic N) is 2. The van der Waals surface area contributed by atoms with E-state index in [1.165, 1.54) is 18.2 Å². The first-order valence-electron chi connectivity index (χ1n) is 5.77. The van der Waals surface area contributed by atoms with E-state index in [1.807, 2.05) is 20.8 Å². The minimum absolute atomic E-state index is 0.0197. The Bertz CT molecular complexity index is 602. The van der Waals surface area contributed by atoms with Gasteiger partial charge in [0.1, 0.15) is 5.69 Å². The number of aromatic nitrogens is 2. The Hall–Kier alpha value is -2.24. The summed E-state index contributed by atoms with van der Waals surface area (Å²) in [5.74, 6) is -1.04. The quantitative estimate of drug-likeness (QED) is 0.846. The molecule has 2 aromatic rings. The highest BCUT2D eigenvalue weighted by atomic mass is 19.1. The Kier molecular flexibility index (Phi) is 3.33. The van der Waals surface area contributed by atoms with Crippen LogP contribution in [0.2, 0.25) is 0 Å². The maximum Gasteiger partial charge on any atom is 0.276 e. The zero-order valence-corrected chi connectivity index (χ0v) is 10.9. The van der Waals surface area contributed by atoms with Crippen molar-refractivity contribution in [2.75, 3.05) is 5.32 Å². The van der Waals surface area contributed by atoms with Crippen LogP contribution in [-0.2, 0) is 5.41 Å². The van der Waals surface area contributed by atoms with Crippen LogP contribution >= 0.6 is 0 Å². The average molecular weight is 263 g/mol. The Morgan fingerprint density at radius 3 is 2.68 bits per heavy atom. The molecule has 0 aliphatic rings. The topological polar surface area (TPSA) is 68.0 Å². The molecule has 0 saturated heterocycles. The van der Waals surface area contributed by atoms with Gasteiger partial charge in [0.2, 0.25) is 11.8 Å². The predicted octanol–water partition coefficient (Wildman–Crippen LogP) is 2.76. The van der Waals surface area contributed by atoms with Gasteiger partial charge >= 0.3 is 0 Å². The van der Waals surface area contributed by atoms with E-state index in [-0.39, 0.29) is 17.0 Å². The molecule has 0 spiro atoms. The summed E-state index contributed by atoms with van der Waals surface area (Å²) in [5.41, 5.74) is 0.521. The monoisotopic (exact) mass is 263 g/mol. The second-order valence-electron chi connectivity index (χ2n) is 5.13. The maximum atomic E-state index is 12.9. The number of hydrogen-bond donors (Lipinski definition) is 1. The molecular weight excluding hydrogens is 249 g/mol. The van der Waals surface area contributed by atoms with Crippen LogP contribution in [0.25, 0.3) is 0 Å². The molecule has 100 valence electrons. The van der Waals surface area contributed by atoms with E-state index >= 15 is 0 Å². The molecule has 0 aliphatic heterocycles. The molecule has 2 rings (SSSR count). The molecule has 5 nitrogen and oxygen atoms in total. The number of halogens is 1. The van der Waals surface area contributed by atoms with Crippen LogP contribution < -0.4 is 5.32 Å². The molecule has 0 radical (unpaired) electrons. The third kappa shape index (κ3) is 3.15. The predicted molar refractivity (Wildman–Crippen MR) is 67.4 cm³/mol. The summed E-state index contributed by atoms with van der Waals surface area (Å²) in [4.78, 5) is 15.3. The average Bonchev–Trinajstić information content (AvgIpc) is 2.77. The molecular formula is C13H14FN3O2. The van der Waals surface area contributed by atoms with Crippen molar-refractivity contribution in [1.82, 2.24) is 10.1 Å². The lowest BCUT2D eigenvalue weighted by atomic mass is 9.92. The number of carbonyl (C=O) groups is 1. The molecule has 0 unspecified atom stereocenters. The highest BCUT2D eigenvalue weighted by Gasteiger charge is 2.20. The lowest BCUT2D eigenvalue weighted by molar-refractivity contribution is 0.101. The van der Waals surface area contributed by atoms with Crippen molar-refractivity contribution in [3.8, 4) is 0 Å². The smallest absolute Gasteiger partial charge is 0.276 e. The number of pyridine rings is 1. The molecule has 0 fully saturated rings. The van der Waals surface area contributed by atoms with Crippen molar-refractivity contribution in [3.63, 3.8) is 0 Å². The SMILES string of the molecule is CC(C)(C)c1cc(NC(=O)c2cccc(F)n2)on1. The van der Waals surface area contributed by atoms with E-state index in [4.69, 9.17) is 4.52 Å². The van der Waals surface area contributed by atoms with Crippen molar-refractivity contribution in [2.24, 2.45) is 0 Å². The van der Waals surface area contributed by atoms with Gasteiger partial charge in [-0.1, -0.05) is 32.0 Å². The van der Waals surface area contributed by atoms with Crippen LogP contribution in [0.15, 0.2) is 28.8 Å². The molecule has 0 bridgehead atoms. The van der Waals surface area contributed by atoms with Crippen LogP contribution in [0.5, 0.6) is 0 Å². The number of rotatable bonds is 2. The Labute approximate surface area is 109 Å². The summed E-state index contributed by atoms with van der Waals surface area (Å²) in [5, 5.41) is 6.35. The van der Waals surface area contributed by atoms with Crippen molar-refractivity contribution in [1.29, 1.82) is 0 Å². The molecule has 0 aromatic carbocycles. The lowest BCUT2D eigenvalue weighted by Gasteiger charge is -2.12. The van der Waals surface area contributed by atoms with Gasteiger partial charge < -0.3 is 4.52 Å². The fraction of sp³-hybridized carbons (Fsp3) is 0.308. The molecule has 0 atom stereocenters. The van der Waals surface area contributed by atoms with Crippen molar-refractivity contribution in [2.45, 2.75) is 26.2 Å². The molecule has 6 heteroatoms. The van der Waals surface area contributed by atoms with Crippen LogP contribution in [0.1, 0.15) is 37.0 Å². The summed E-state index contributed by atoms with van der Waals surface area (Å²) in [6, 6.07) is 5.64. The van der Waals surface area contributed by atoms with E-state index in [0.717, 1.165) is 5.69 Å². The van der Waals surface area contributed by atoms with Gasteiger partial charge in [-0.3, -0.25) is 10.1 Å². The van der Waals surface area contributed by atoms with Crippen molar-refractivity contribution < 1.29 is 13.7 Å². The van der Waals surface area contributed by atoms with E-state index in [0.29, 0.717) is 0 Å². The Morgan fingerprint density at radius 1 is 1.37 bits per heavy atom. The first-order valence-corrected chi connectivity index (χ1v) is 5.77. The van der Waals surface area contributed by atoms with Gasteiger partial charge in [0.25, 0.3) is 5.91 Å². The fourth-order valence-corrected chi connectivity index (χ4v) is 1.40. The standard InChI is InChI=1S/C13H14FN3O2/c1-13(2,3)9-7-11(19-17-9)16-12(18)8-5-4-6-10(14)15-8/h4-7H,1-3H3,(H,16,18). The van der Waals surface area contributed by atoms with Crippen LogP contribution in [0.3, 0.4) is 0 Å². The van der Waals surface area contributed by atoms with Gasteiger partial charge in [-0.05, 0) is 12.1 Å². The van der Waals surface area contributed by atoms with Crippen molar-refractivity contribution in [3.05, 3.63) is 41.6 Å². The highest BCUT2D eigenvalue weighted by Crippen LogP contribution is 2.23. The van der Waals surface area contributed by atoms with Crippen LogP contribution in [0.4, 0.5) is 10.3 Å². The van der Waals surface area contributed by atoms with E-state index in [1.54, 1.807) is 6.07 Å². The Morgan fingerprint density at radius 2 is 2.11 bits per heavy atom. The summed E-state index contributed by atoms with van der Waals surface area (Å²) < 4.78 is 17.9. The normalized spacial score (nSPS) is 11.4. The largest absolute Gasteiger partial charge is 0.338 e. The first-order chi connectivity index (χ1) is 8.86. The van der Waals surface area contributed by atoms with E-state index in [9.17, 15) is 9.18 Å². The highest BCUT2D eigenvalue weighted by molar-refractivity contribution is 6.02. The maximum absolute atomic E-state index is 12.9. The second kappa shape index (κ2) is 4.79. The summed E-state index contributed by atoms with van der Waals surface area (Å²) in [6.07, 6.45) is 0. The number of hydrogen-bond acceptors (Lipinski definition) is 4. The third-order valence-electron chi connectivity index (χ3n) is 2.46. The summed E-state index contributed by atoms with van der Waals surface area (Å²) >= 11 is 0. The Balaban J connectivity index is 2.13. The van der Waals surface area contributed by atoms with E-state index < -0.39 is 11.9 Å². The molecule has 2 heterocycles. The molecule has 1 amide bonds. The van der Waals surface area contributed by atoms with Gasteiger partial charge in [0.05, 0.1) is 5.69 Å². The number of nitrogens with one attached hydrogen (secondary N) is 1. The van der Waals surface area contributed by atoms with Gasteiger partial charge in [-0.25, -0.2) is 4.98 Å². The summed E-state index contributed by atoms with van der Waals surface area (Å²) in [7, 11) is 0. The van der Waals surface area contributed by atoms with Crippen LogP contribution in [-0.4, -0.2) is 16.0 Å². The second-order valence-corrected chi connectivity index (χ2v) is 5.13. The molecule has 19 heavy (non-hydrogen) atoms. The van der Waals surface area contributed by atoms with Crippen LogP contribution in [0, 0.1) is 5.95 Å². The molecule has 0 aliphatic carbocycles. The van der Waals surface area contributed by atoms with Crippen molar-refractivity contribution >= 4 is 11.8 Å². The summed E-state index contributed by atoms with van der Waals surface area (Å²) in [6.45, 7) is 5.93. The van der Waals surface area contributed by atoms with Gasteiger partial charge in [0, 0.05) is 11.5 Å². The first kappa shape index (κ1) is 13.2. The van der Waals surface area contributed by atoms with Gasteiger partial charge in [0.15, 0.2) is 0 Å². The minimum Gasteiger partial charge on any atom is -0.338 e. The number of anilines is 1. The third-order valence-corrected chi connectivity index (χ3v) is 2.46. The van der Waals surface area contributed by atoms with Gasteiger partial charge in [-0.15, -0.1) is 0 Å². The molecule has 0 saturated carbocycles. The number of carbonyl (C=O) groups excluding carboxylic acids is 1. The molecule has 1 N–H and O–H groups in total. The number of amides is 1. The van der Waals surface area contributed by atoms with E-state index in [2.05, 4.69) is 15.5 Å².